The number of nitrogens with one attached hydrogen (secondary N) is 2. The summed E-state index contributed by atoms with van der Waals surface area (Å²) in [6.07, 6.45) is 0.495. The lowest BCUT2D eigenvalue weighted by Crippen LogP contribution is -2.27. The number of nitrogens with zero attached hydrogens (tertiary/aromatic N) is 3. The molecule has 0 unspecified atom stereocenters. The van der Waals surface area contributed by atoms with Gasteiger partial charge in [0.2, 0.25) is 0 Å². The van der Waals surface area contributed by atoms with Crippen molar-refractivity contribution in [1.82, 2.24) is 14.9 Å². The summed E-state index contributed by atoms with van der Waals surface area (Å²) in [5.74, 6) is 0.160. The Balaban J connectivity index is 1.49. The van der Waals surface area contributed by atoms with Gasteiger partial charge >= 0.3 is 6.18 Å². The highest BCUT2D eigenvalue weighted by molar-refractivity contribution is 6.31. The number of alkyl halides is 3. The zero-order valence-electron chi connectivity index (χ0n) is 21.8. The molecule has 4 aromatic rings. The molecule has 12 heteroatoms. The molecule has 0 aliphatic rings. The van der Waals surface area contributed by atoms with Crippen LogP contribution in [0.25, 0.3) is 16.6 Å². The molecule has 2 heterocycles. The number of methoxy groups -OCH3 is 1. The van der Waals surface area contributed by atoms with Crippen LogP contribution in [0.2, 0.25) is 5.02 Å². The maximum Gasteiger partial charge on any atom is 0.417 e. The summed E-state index contributed by atoms with van der Waals surface area (Å²) in [5, 5.41) is 6.11. The van der Waals surface area contributed by atoms with E-state index in [2.05, 4.69) is 20.6 Å². The number of hydrogen-bond donors (Lipinski definition) is 2. The zero-order valence-corrected chi connectivity index (χ0v) is 22.5. The van der Waals surface area contributed by atoms with E-state index >= 15 is 0 Å². The van der Waals surface area contributed by atoms with Crippen molar-refractivity contribution in [2.24, 2.45) is 4.99 Å². The zero-order chi connectivity index (χ0) is 28.7. The number of aliphatic imine (C=N–C) groups is 1. The van der Waals surface area contributed by atoms with E-state index in [4.69, 9.17) is 21.1 Å². The monoisotopic (exact) mass is 573 g/mol. The molecule has 0 spiro atoms. The molecule has 0 saturated carbocycles. The van der Waals surface area contributed by atoms with Gasteiger partial charge in [-0.05, 0) is 55.5 Å². The first-order valence-corrected chi connectivity index (χ1v) is 12.6. The molecule has 40 heavy (non-hydrogen) atoms. The quantitative estimate of drug-likeness (QED) is 0.133. The number of benzene rings is 2. The van der Waals surface area contributed by atoms with Crippen molar-refractivity contribution < 1.29 is 27.4 Å². The van der Waals surface area contributed by atoms with E-state index in [1.54, 1.807) is 50.8 Å². The lowest BCUT2D eigenvalue weighted by atomic mass is 10.2. The van der Waals surface area contributed by atoms with Gasteiger partial charge in [0.15, 0.2) is 0 Å². The van der Waals surface area contributed by atoms with Gasteiger partial charge in [-0.15, -0.1) is 0 Å². The number of amidine groups is 1. The fourth-order valence-electron chi connectivity index (χ4n) is 3.98. The van der Waals surface area contributed by atoms with Gasteiger partial charge in [0.25, 0.3) is 5.91 Å². The summed E-state index contributed by atoms with van der Waals surface area (Å²) >= 11 is 5.70. The smallest absolute Gasteiger partial charge is 0.382 e. The van der Waals surface area contributed by atoms with Crippen molar-refractivity contribution in [3.05, 3.63) is 83.3 Å². The predicted molar refractivity (Wildman–Crippen MR) is 149 cm³/mol. The fourth-order valence-corrected chi connectivity index (χ4v) is 4.21. The minimum Gasteiger partial charge on any atom is -0.382 e. The molecule has 210 valence electrons. The molecule has 0 saturated heterocycles. The van der Waals surface area contributed by atoms with E-state index < -0.39 is 11.7 Å². The van der Waals surface area contributed by atoms with Crippen LogP contribution < -0.4 is 10.6 Å². The molecule has 0 aliphatic carbocycles. The van der Waals surface area contributed by atoms with E-state index in [1.165, 1.54) is 12.1 Å². The second kappa shape index (κ2) is 12.9. The standard InChI is InChI=1S/C28H27ClF3N5O3/c1-18(36-20-5-8-25(29)24(15-20)28(30,31)32)35-19-3-6-21(7-4-19)37-17-23(22-9-10-33-16-26(22)37)27(38)34-11-12-40-14-13-39-2/h3-10,15-17H,11-14H2,1-2H3,(H,34,38)(H,35,36). The number of halogens is 4. The molecule has 0 aliphatic heterocycles. The molecule has 2 N–H and O–H groups in total. The molecular formula is C28H27ClF3N5O3. The Labute approximate surface area is 233 Å². The summed E-state index contributed by atoms with van der Waals surface area (Å²) in [6, 6.07) is 12.6. The SMILES string of the molecule is COCCOCCNC(=O)c1cn(-c2ccc(N=C(C)Nc3ccc(Cl)c(C(F)(F)F)c3)cc2)c2cnccc12. The summed E-state index contributed by atoms with van der Waals surface area (Å²) in [6.45, 7) is 3.31. The fraction of sp³-hybridized carbons (Fsp3) is 0.250. The molecule has 2 aromatic heterocycles. The summed E-state index contributed by atoms with van der Waals surface area (Å²) in [4.78, 5) is 21.5. The van der Waals surface area contributed by atoms with Crippen molar-refractivity contribution in [3.63, 3.8) is 0 Å². The van der Waals surface area contributed by atoms with Gasteiger partial charge in [-0.3, -0.25) is 9.78 Å². The Morgan fingerprint density at radius 2 is 1.88 bits per heavy atom. The number of amides is 1. The van der Waals surface area contributed by atoms with Gasteiger partial charge in [-0.1, -0.05) is 11.6 Å². The van der Waals surface area contributed by atoms with E-state index in [9.17, 15) is 18.0 Å². The molecular weight excluding hydrogens is 547 g/mol. The number of fused-ring (bicyclic) bond motifs is 1. The van der Waals surface area contributed by atoms with Crippen molar-refractivity contribution in [2.45, 2.75) is 13.1 Å². The van der Waals surface area contributed by atoms with Crippen LogP contribution in [0.15, 0.2) is 72.1 Å². The number of pyridine rings is 1. The van der Waals surface area contributed by atoms with Crippen molar-refractivity contribution in [2.75, 3.05) is 38.8 Å². The first-order valence-electron chi connectivity index (χ1n) is 12.3. The summed E-state index contributed by atoms with van der Waals surface area (Å²) in [7, 11) is 1.59. The van der Waals surface area contributed by atoms with Crippen LogP contribution in [0.4, 0.5) is 24.5 Å². The first-order chi connectivity index (χ1) is 19.2. The maximum absolute atomic E-state index is 13.2. The minimum atomic E-state index is -4.56. The Morgan fingerprint density at radius 3 is 2.60 bits per heavy atom. The number of carbonyl (C=O) groups excluding carboxylic acids is 1. The van der Waals surface area contributed by atoms with Gasteiger partial charge in [-0.25, -0.2) is 4.99 Å². The lowest BCUT2D eigenvalue weighted by molar-refractivity contribution is -0.137. The van der Waals surface area contributed by atoms with E-state index in [0.29, 0.717) is 43.5 Å². The molecule has 0 radical (unpaired) electrons. The highest BCUT2D eigenvalue weighted by Crippen LogP contribution is 2.36. The van der Waals surface area contributed by atoms with Gasteiger partial charge in [0.05, 0.1) is 53.4 Å². The minimum absolute atomic E-state index is 0.216. The van der Waals surface area contributed by atoms with Crippen molar-refractivity contribution >= 4 is 45.6 Å². The van der Waals surface area contributed by atoms with Gasteiger partial charge in [0, 0.05) is 42.8 Å². The van der Waals surface area contributed by atoms with Gasteiger partial charge in [0.1, 0.15) is 5.84 Å². The van der Waals surface area contributed by atoms with Crippen molar-refractivity contribution in [3.8, 4) is 5.69 Å². The van der Waals surface area contributed by atoms with Crippen molar-refractivity contribution in [1.29, 1.82) is 0 Å². The number of anilines is 1. The molecule has 8 nitrogen and oxygen atoms in total. The Bertz CT molecular complexity index is 1500. The molecule has 0 fully saturated rings. The largest absolute Gasteiger partial charge is 0.417 e. The number of ether oxygens (including phenoxy) is 2. The van der Waals surface area contributed by atoms with Gasteiger partial charge in [-0.2, -0.15) is 13.2 Å². The van der Waals surface area contributed by atoms with Gasteiger partial charge < -0.3 is 24.7 Å². The third-order valence-corrected chi connectivity index (χ3v) is 6.17. The average molecular weight is 574 g/mol. The number of hydrogen-bond acceptors (Lipinski definition) is 5. The lowest BCUT2D eigenvalue weighted by Gasteiger charge is -2.12. The highest BCUT2D eigenvalue weighted by Gasteiger charge is 2.33. The van der Waals surface area contributed by atoms with Crippen LogP contribution in [-0.2, 0) is 15.7 Å². The molecule has 2 aromatic carbocycles. The van der Waals surface area contributed by atoms with Crippen LogP contribution in [0, 0.1) is 0 Å². The van der Waals surface area contributed by atoms with Crippen LogP contribution >= 0.6 is 11.6 Å². The molecule has 4 rings (SSSR count). The predicted octanol–water partition coefficient (Wildman–Crippen LogP) is 6.25. The number of rotatable bonds is 10. The van der Waals surface area contributed by atoms with E-state index in [1.807, 2.05) is 16.7 Å². The van der Waals surface area contributed by atoms with E-state index in [-0.39, 0.29) is 16.6 Å². The molecule has 0 bridgehead atoms. The topological polar surface area (TPSA) is 89.8 Å². The second-order valence-corrected chi connectivity index (χ2v) is 9.10. The Hall–Kier alpha value is -3.93. The second-order valence-electron chi connectivity index (χ2n) is 8.70. The molecule has 1 amide bonds. The number of aromatic nitrogens is 2. The summed E-state index contributed by atoms with van der Waals surface area (Å²) in [5.41, 5.74) is 1.90. The Kier molecular flexibility index (Phi) is 9.41. The van der Waals surface area contributed by atoms with Crippen LogP contribution in [0.5, 0.6) is 0 Å². The third kappa shape index (κ3) is 7.17. The highest BCUT2D eigenvalue weighted by atomic mass is 35.5. The molecule has 0 atom stereocenters. The normalized spacial score (nSPS) is 12.1. The maximum atomic E-state index is 13.2. The average Bonchev–Trinajstić information content (AvgIpc) is 3.31. The van der Waals surface area contributed by atoms with Crippen LogP contribution in [0.1, 0.15) is 22.8 Å². The van der Waals surface area contributed by atoms with Crippen LogP contribution in [0.3, 0.4) is 0 Å². The summed E-state index contributed by atoms with van der Waals surface area (Å²) < 4.78 is 51.7. The Morgan fingerprint density at radius 1 is 1.10 bits per heavy atom. The third-order valence-electron chi connectivity index (χ3n) is 5.84. The number of carbonyl (C=O) groups is 1. The van der Waals surface area contributed by atoms with Crippen LogP contribution in [-0.4, -0.2) is 54.8 Å². The first kappa shape index (κ1) is 29.1. The van der Waals surface area contributed by atoms with E-state index in [0.717, 1.165) is 22.7 Å².